The molecule has 3 aromatic carbocycles. The van der Waals surface area contributed by atoms with E-state index < -0.39 is 0 Å². The number of amides is 1. The Morgan fingerprint density at radius 2 is 1.39 bits per heavy atom. The summed E-state index contributed by atoms with van der Waals surface area (Å²) in [7, 11) is 1.64. The molecule has 1 amide bonds. The van der Waals surface area contributed by atoms with E-state index >= 15 is 0 Å². The van der Waals surface area contributed by atoms with Gasteiger partial charge in [-0.3, -0.25) is 9.59 Å². The third-order valence-corrected chi connectivity index (χ3v) is 6.51. The van der Waals surface area contributed by atoms with Crippen LogP contribution in [0.5, 0.6) is 11.5 Å². The Hall–Kier alpha value is -4.72. The average Bonchev–Trinajstić information content (AvgIpc) is 3.00. The van der Waals surface area contributed by atoms with Crippen LogP contribution in [0.25, 0.3) is 11.3 Å². The molecular formula is C30H28N4O4. The van der Waals surface area contributed by atoms with E-state index in [-0.39, 0.29) is 18.3 Å². The van der Waals surface area contributed by atoms with Crippen LogP contribution in [0, 0.1) is 0 Å². The molecule has 0 unspecified atom stereocenters. The average molecular weight is 509 g/mol. The number of piperazine rings is 1. The molecule has 38 heavy (non-hydrogen) atoms. The number of anilines is 1. The summed E-state index contributed by atoms with van der Waals surface area (Å²) in [6.45, 7) is 2.43. The van der Waals surface area contributed by atoms with Gasteiger partial charge in [-0.25, -0.2) is 0 Å². The number of methoxy groups -OCH3 is 1. The van der Waals surface area contributed by atoms with Crippen LogP contribution in [0.2, 0.25) is 0 Å². The van der Waals surface area contributed by atoms with Gasteiger partial charge in [-0.2, -0.15) is 0 Å². The van der Waals surface area contributed by atoms with Crippen molar-refractivity contribution < 1.29 is 19.1 Å². The minimum atomic E-state index is -0.0740. The maximum Gasteiger partial charge on any atom is 0.260 e. The Kier molecular flexibility index (Phi) is 7.59. The fourth-order valence-electron chi connectivity index (χ4n) is 4.29. The second-order valence-corrected chi connectivity index (χ2v) is 8.88. The molecule has 1 saturated heterocycles. The Bertz CT molecular complexity index is 1370. The molecule has 0 spiro atoms. The van der Waals surface area contributed by atoms with Gasteiger partial charge in [0.1, 0.15) is 11.5 Å². The lowest BCUT2D eigenvalue weighted by molar-refractivity contribution is -0.133. The van der Waals surface area contributed by atoms with E-state index in [2.05, 4.69) is 15.1 Å². The lowest BCUT2D eigenvalue weighted by Gasteiger charge is -2.35. The van der Waals surface area contributed by atoms with E-state index in [0.717, 1.165) is 22.8 Å². The number of ketones is 1. The molecule has 0 N–H and O–H groups in total. The number of carbonyl (C=O) groups excluding carboxylic acids is 2. The van der Waals surface area contributed by atoms with Crippen molar-refractivity contribution in [2.24, 2.45) is 0 Å². The smallest absolute Gasteiger partial charge is 0.260 e. The fraction of sp³-hybridized carbons (Fsp3) is 0.200. The first-order chi connectivity index (χ1) is 18.6. The predicted octanol–water partition coefficient (Wildman–Crippen LogP) is 4.11. The molecule has 8 heteroatoms. The van der Waals surface area contributed by atoms with Crippen molar-refractivity contribution in [1.82, 2.24) is 15.1 Å². The van der Waals surface area contributed by atoms with E-state index in [1.807, 2.05) is 54.6 Å². The molecule has 5 rings (SSSR count). The predicted molar refractivity (Wildman–Crippen MR) is 145 cm³/mol. The number of rotatable bonds is 8. The third kappa shape index (κ3) is 5.81. The number of carbonyl (C=O) groups is 2. The van der Waals surface area contributed by atoms with E-state index in [4.69, 9.17) is 9.47 Å². The summed E-state index contributed by atoms with van der Waals surface area (Å²) in [4.78, 5) is 29.2. The van der Waals surface area contributed by atoms with Crippen molar-refractivity contribution in [3.05, 3.63) is 102 Å². The first kappa shape index (κ1) is 25.0. The highest BCUT2D eigenvalue weighted by Crippen LogP contribution is 2.22. The van der Waals surface area contributed by atoms with Crippen molar-refractivity contribution >= 4 is 17.5 Å². The van der Waals surface area contributed by atoms with E-state index in [1.54, 1.807) is 48.4 Å². The zero-order chi connectivity index (χ0) is 26.3. The van der Waals surface area contributed by atoms with Crippen molar-refractivity contribution in [1.29, 1.82) is 0 Å². The largest absolute Gasteiger partial charge is 0.497 e. The molecule has 1 aliphatic rings. The summed E-state index contributed by atoms with van der Waals surface area (Å²) >= 11 is 0. The minimum Gasteiger partial charge on any atom is -0.497 e. The molecule has 0 radical (unpaired) electrons. The molecule has 1 fully saturated rings. The lowest BCUT2D eigenvalue weighted by atomic mass is 10.0. The zero-order valence-corrected chi connectivity index (χ0v) is 21.1. The number of nitrogens with zero attached hydrogens (tertiary/aromatic N) is 4. The van der Waals surface area contributed by atoms with Crippen LogP contribution >= 0.6 is 0 Å². The van der Waals surface area contributed by atoms with Gasteiger partial charge in [0.15, 0.2) is 18.2 Å². The lowest BCUT2D eigenvalue weighted by Crippen LogP contribution is -2.50. The van der Waals surface area contributed by atoms with Crippen LogP contribution < -0.4 is 14.4 Å². The highest BCUT2D eigenvalue weighted by molar-refractivity contribution is 6.09. The van der Waals surface area contributed by atoms with Gasteiger partial charge in [-0.05, 0) is 60.7 Å². The summed E-state index contributed by atoms with van der Waals surface area (Å²) < 4.78 is 10.9. The Balaban J connectivity index is 1.09. The van der Waals surface area contributed by atoms with Gasteiger partial charge in [0.25, 0.3) is 5.91 Å². The molecule has 8 nitrogen and oxygen atoms in total. The van der Waals surface area contributed by atoms with Crippen LogP contribution in [-0.2, 0) is 4.79 Å². The Morgan fingerprint density at radius 1 is 0.737 bits per heavy atom. The Labute approximate surface area is 221 Å². The van der Waals surface area contributed by atoms with Crippen molar-refractivity contribution in [3.8, 4) is 22.8 Å². The highest BCUT2D eigenvalue weighted by Gasteiger charge is 2.22. The quantitative estimate of drug-likeness (QED) is 0.331. The van der Waals surface area contributed by atoms with Gasteiger partial charge >= 0.3 is 0 Å². The van der Waals surface area contributed by atoms with Gasteiger partial charge in [0, 0.05) is 42.9 Å². The first-order valence-corrected chi connectivity index (χ1v) is 12.4. The maximum atomic E-state index is 12.7. The molecular weight excluding hydrogens is 480 g/mol. The SMILES string of the molecule is COc1ccc(-c2ccc(N3CCN(C(=O)COc4ccc(C(=O)c5ccccc5)cc4)CC3)nn2)cc1. The molecule has 0 bridgehead atoms. The Morgan fingerprint density at radius 3 is 2.03 bits per heavy atom. The van der Waals surface area contributed by atoms with Gasteiger partial charge < -0.3 is 19.3 Å². The highest BCUT2D eigenvalue weighted by atomic mass is 16.5. The van der Waals surface area contributed by atoms with E-state index in [0.29, 0.717) is 43.1 Å². The molecule has 1 aliphatic heterocycles. The minimum absolute atomic E-state index is 0.0499. The number of aromatic nitrogens is 2. The molecule has 0 saturated carbocycles. The zero-order valence-electron chi connectivity index (χ0n) is 21.1. The molecule has 1 aromatic heterocycles. The second-order valence-electron chi connectivity index (χ2n) is 8.88. The van der Waals surface area contributed by atoms with Crippen LogP contribution in [0.15, 0.2) is 91.0 Å². The number of benzene rings is 3. The normalized spacial score (nSPS) is 13.2. The summed E-state index contributed by atoms with van der Waals surface area (Å²) in [5.74, 6) is 2.01. The summed E-state index contributed by atoms with van der Waals surface area (Å²) in [5, 5.41) is 8.78. The second kappa shape index (κ2) is 11.6. The van der Waals surface area contributed by atoms with E-state index in [1.165, 1.54) is 0 Å². The van der Waals surface area contributed by atoms with Crippen molar-refractivity contribution in [2.45, 2.75) is 0 Å². The van der Waals surface area contributed by atoms with Gasteiger partial charge in [-0.1, -0.05) is 30.3 Å². The standard InChI is InChI=1S/C30H28N4O4/c1-37-25-11-7-22(8-12-25)27-15-16-28(32-31-27)33-17-19-34(20-18-33)29(35)21-38-26-13-9-24(10-14-26)30(36)23-5-3-2-4-6-23/h2-16H,17-21H2,1H3. The van der Waals surface area contributed by atoms with Crippen LogP contribution in [0.1, 0.15) is 15.9 Å². The van der Waals surface area contributed by atoms with Crippen molar-refractivity contribution in [3.63, 3.8) is 0 Å². The maximum absolute atomic E-state index is 12.7. The molecule has 4 aromatic rings. The number of hydrogen-bond donors (Lipinski definition) is 0. The van der Waals surface area contributed by atoms with Gasteiger partial charge in [0.05, 0.1) is 12.8 Å². The topological polar surface area (TPSA) is 84.9 Å². The summed E-state index contributed by atoms with van der Waals surface area (Å²) in [5.41, 5.74) is 2.97. The van der Waals surface area contributed by atoms with E-state index in [9.17, 15) is 9.59 Å². The number of ether oxygens (including phenoxy) is 2. The van der Waals surface area contributed by atoms with Crippen LogP contribution in [0.4, 0.5) is 5.82 Å². The molecule has 192 valence electrons. The van der Waals surface area contributed by atoms with Crippen molar-refractivity contribution in [2.75, 3.05) is 44.8 Å². The third-order valence-electron chi connectivity index (χ3n) is 6.51. The number of hydrogen-bond acceptors (Lipinski definition) is 7. The summed E-state index contributed by atoms with van der Waals surface area (Å²) in [6, 6.07) is 27.6. The molecule has 0 atom stereocenters. The summed E-state index contributed by atoms with van der Waals surface area (Å²) in [6.07, 6.45) is 0. The molecule has 0 aliphatic carbocycles. The van der Waals surface area contributed by atoms with Gasteiger partial charge in [-0.15, -0.1) is 10.2 Å². The van der Waals surface area contributed by atoms with Crippen LogP contribution in [-0.4, -0.2) is 66.7 Å². The van der Waals surface area contributed by atoms with Gasteiger partial charge in [0.2, 0.25) is 0 Å². The van der Waals surface area contributed by atoms with Crippen LogP contribution in [0.3, 0.4) is 0 Å². The fourth-order valence-corrected chi connectivity index (χ4v) is 4.29. The molecule has 2 heterocycles. The first-order valence-electron chi connectivity index (χ1n) is 12.4. The monoisotopic (exact) mass is 508 g/mol.